The fraction of sp³-hybridized carbons (Fsp3) is 0.143. The van der Waals surface area contributed by atoms with E-state index < -0.39 is 0 Å². The van der Waals surface area contributed by atoms with Crippen LogP contribution in [0.25, 0.3) is 44.5 Å². The second-order valence-corrected chi connectivity index (χ2v) is 12.2. The zero-order valence-corrected chi connectivity index (χ0v) is 26.0. The molecule has 0 unspecified atom stereocenters. The van der Waals surface area contributed by atoms with Crippen molar-refractivity contribution in [3.8, 4) is 11.8 Å². The van der Waals surface area contributed by atoms with Crippen molar-refractivity contribution in [1.82, 2.24) is 4.57 Å². The van der Waals surface area contributed by atoms with E-state index in [4.69, 9.17) is 11.3 Å². The van der Waals surface area contributed by atoms with Gasteiger partial charge in [0.1, 0.15) is 11.5 Å². The Morgan fingerprint density at radius 3 is 2.11 bits per heavy atom. The third-order valence-corrected chi connectivity index (χ3v) is 9.27. The molecule has 0 spiro atoms. The van der Waals surface area contributed by atoms with Gasteiger partial charge in [-0.15, -0.1) is 0 Å². The molecule has 0 fully saturated rings. The van der Waals surface area contributed by atoms with Crippen LogP contribution in [0, 0.1) is 17.9 Å². The van der Waals surface area contributed by atoms with Gasteiger partial charge in [-0.3, -0.25) is 0 Å². The first-order valence-corrected chi connectivity index (χ1v) is 16.2. The van der Waals surface area contributed by atoms with Gasteiger partial charge in [-0.2, -0.15) is 0 Å². The Hall–Kier alpha value is -6.04. The number of hydrogen-bond acceptors (Lipinski definition) is 3. The van der Waals surface area contributed by atoms with Crippen molar-refractivity contribution in [3.63, 3.8) is 0 Å². The summed E-state index contributed by atoms with van der Waals surface area (Å²) >= 11 is 0. The number of ether oxygens (including phenoxy) is 1. The molecule has 0 radical (unpaired) electrons. The molecule has 0 saturated heterocycles. The van der Waals surface area contributed by atoms with Gasteiger partial charge >= 0.3 is 0 Å². The third-order valence-electron chi connectivity index (χ3n) is 9.27. The summed E-state index contributed by atoms with van der Waals surface area (Å²) < 4.78 is 8.60. The quantitative estimate of drug-likeness (QED) is 0.147. The molecule has 0 atom stereocenters. The second-order valence-electron chi connectivity index (χ2n) is 12.2. The molecule has 3 aliphatic rings. The lowest BCUT2D eigenvalue weighted by atomic mass is 9.90. The van der Waals surface area contributed by atoms with Gasteiger partial charge in [0.25, 0.3) is 5.70 Å². The largest absolute Gasteiger partial charge is 0.457 e. The van der Waals surface area contributed by atoms with Gasteiger partial charge in [0, 0.05) is 35.2 Å². The maximum Gasteiger partial charge on any atom is 0.269 e. The molecular weight excluding hydrogens is 576 g/mol. The number of hydrogen-bond donors (Lipinski definition) is 0. The SMILES string of the molecule is [C-]#[N+]/C(C#N)=C1C=C(/C=C/c2cc3c4c(c2)CCCN4CCC3)OC(/C=C/c2ccc3c(c2)c2ccccc2n3-c2ccccc2)=C\1. The molecule has 3 aliphatic heterocycles. The Labute approximate surface area is 274 Å². The lowest BCUT2D eigenvalue weighted by molar-refractivity contribution is 0.332. The Kier molecular flexibility index (Phi) is 7.29. The Morgan fingerprint density at radius 1 is 0.745 bits per heavy atom. The molecule has 47 heavy (non-hydrogen) atoms. The van der Waals surface area contributed by atoms with E-state index in [1.54, 1.807) is 12.2 Å². The lowest BCUT2D eigenvalue weighted by Gasteiger charge is -2.37. The van der Waals surface area contributed by atoms with E-state index in [0.29, 0.717) is 17.1 Å². The Bertz CT molecular complexity index is 2250. The summed E-state index contributed by atoms with van der Waals surface area (Å²) in [5, 5.41) is 12.0. The van der Waals surface area contributed by atoms with Crippen molar-refractivity contribution >= 4 is 39.6 Å². The Balaban J connectivity index is 1.11. The van der Waals surface area contributed by atoms with Crippen LogP contribution in [-0.2, 0) is 17.6 Å². The van der Waals surface area contributed by atoms with Crippen molar-refractivity contribution in [2.45, 2.75) is 25.7 Å². The summed E-state index contributed by atoms with van der Waals surface area (Å²) in [4.78, 5) is 6.03. The number of rotatable bonds is 5. The summed E-state index contributed by atoms with van der Waals surface area (Å²) in [6, 6.07) is 32.0. The zero-order valence-electron chi connectivity index (χ0n) is 26.0. The van der Waals surface area contributed by atoms with Crippen LogP contribution in [0.3, 0.4) is 0 Å². The number of fused-ring (bicyclic) bond motifs is 3. The molecule has 226 valence electrons. The number of nitriles is 1. The van der Waals surface area contributed by atoms with Gasteiger partial charge in [-0.1, -0.05) is 54.6 Å². The highest BCUT2D eigenvalue weighted by Gasteiger charge is 2.24. The summed E-state index contributed by atoms with van der Waals surface area (Å²) in [6.45, 7) is 9.87. The zero-order chi connectivity index (χ0) is 31.7. The molecule has 0 N–H and O–H groups in total. The maximum absolute atomic E-state index is 9.67. The smallest absolute Gasteiger partial charge is 0.269 e. The fourth-order valence-corrected chi connectivity index (χ4v) is 7.23. The minimum Gasteiger partial charge on any atom is -0.457 e. The van der Waals surface area contributed by atoms with Crippen molar-refractivity contribution in [2.24, 2.45) is 0 Å². The molecular formula is C42H32N4O. The van der Waals surface area contributed by atoms with E-state index in [1.165, 1.54) is 40.4 Å². The standard InChI is InChI=1S/C42H32N4O/c1-44-39(28-43)33-26-35(47-36(27-33)19-16-30-23-31-9-7-21-45-22-8-10-32(24-30)42(31)45)18-15-29-17-20-41-38(25-29)37-13-5-6-14-40(37)46(41)34-11-3-2-4-12-34/h2-6,11-20,23-27H,7-10,21-22H2/b18-15+,19-16+,39-33-. The number of anilines is 1. The molecule has 8 rings (SSSR count). The Morgan fingerprint density at radius 2 is 1.40 bits per heavy atom. The van der Waals surface area contributed by atoms with Gasteiger partial charge in [0.15, 0.2) is 0 Å². The predicted molar refractivity (Wildman–Crippen MR) is 191 cm³/mol. The van der Waals surface area contributed by atoms with Crippen LogP contribution >= 0.6 is 0 Å². The number of para-hydroxylation sites is 2. The maximum atomic E-state index is 9.67. The van der Waals surface area contributed by atoms with Gasteiger partial charge in [-0.25, -0.2) is 10.1 Å². The number of aromatic nitrogens is 1. The van der Waals surface area contributed by atoms with Crippen LogP contribution in [0.5, 0.6) is 0 Å². The molecule has 5 nitrogen and oxygen atoms in total. The van der Waals surface area contributed by atoms with E-state index in [2.05, 4.69) is 99.3 Å². The molecule has 0 aliphatic carbocycles. The van der Waals surface area contributed by atoms with Gasteiger partial charge in [0.05, 0.1) is 23.7 Å². The van der Waals surface area contributed by atoms with Gasteiger partial charge < -0.3 is 14.2 Å². The average molecular weight is 609 g/mol. The van der Waals surface area contributed by atoms with E-state index in [0.717, 1.165) is 53.8 Å². The molecule has 1 aromatic heterocycles. The first-order chi connectivity index (χ1) is 23.2. The van der Waals surface area contributed by atoms with E-state index in [1.807, 2.05) is 30.4 Å². The number of nitrogens with zero attached hydrogens (tertiary/aromatic N) is 4. The molecule has 0 saturated carbocycles. The monoisotopic (exact) mass is 608 g/mol. The summed E-state index contributed by atoms with van der Waals surface area (Å²) in [5.41, 5.74) is 10.5. The lowest BCUT2D eigenvalue weighted by Crippen LogP contribution is -2.34. The highest BCUT2D eigenvalue weighted by Crippen LogP contribution is 2.37. The van der Waals surface area contributed by atoms with E-state index in [-0.39, 0.29) is 5.70 Å². The summed E-state index contributed by atoms with van der Waals surface area (Å²) in [5.74, 6) is 1.16. The number of allylic oxidation sites excluding steroid dienone is 6. The van der Waals surface area contributed by atoms with E-state index >= 15 is 0 Å². The van der Waals surface area contributed by atoms with Crippen molar-refractivity contribution in [1.29, 1.82) is 5.26 Å². The third kappa shape index (κ3) is 5.33. The molecule has 5 heteroatoms. The van der Waals surface area contributed by atoms with Crippen LogP contribution in [0.15, 0.2) is 132 Å². The predicted octanol–water partition coefficient (Wildman–Crippen LogP) is 9.70. The second kappa shape index (κ2) is 12.0. The van der Waals surface area contributed by atoms with Gasteiger partial charge in [0.2, 0.25) is 0 Å². The molecule has 4 aromatic carbocycles. The highest BCUT2D eigenvalue weighted by molar-refractivity contribution is 6.09. The van der Waals surface area contributed by atoms with Gasteiger partial charge in [-0.05, 0) is 120 Å². The number of benzene rings is 4. The fourth-order valence-electron chi connectivity index (χ4n) is 7.23. The molecule has 4 heterocycles. The minimum absolute atomic E-state index is 0.0403. The van der Waals surface area contributed by atoms with Crippen molar-refractivity contribution in [2.75, 3.05) is 18.0 Å². The first kappa shape index (κ1) is 28.4. The van der Waals surface area contributed by atoms with Crippen LogP contribution in [-0.4, -0.2) is 17.7 Å². The van der Waals surface area contributed by atoms with Crippen LogP contribution in [0.1, 0.15) is 35.1 Å². The van der Waals surface area contributed by atoms with Crippen LogP contribution < -0.4 is 4.90 Å². The summed E-state index contributed by atoms with van der Waals surface area (Å²) in [7, 11) is 0. The van der Waals surface area contributed by atoms with Crippen molar-refractivity contribution in [3.05, 3.63) is 166 Å². The first-order valence-electron chi connectivity index (χ1n) is 16.2. The van der Waals surface area contributed by atoms with E-state index in [9.17, 15) is 5.26 Å². The number of aryl methyl sites for hydroxylation is 2. The molecule has 0 amide bonds. The summed E-state index contributed by atoms with van der Waals surface area (Å²) in [6.07, 6.45) is 16.1. The molecule has 0 bridgehead atoms. The average Bonchev–Trinajstić information content (AvgIpc) is 3.45. The van der Waals surface area contributed by atoms with Crippen molar-refractivity contribution < 1.29 is 4.74 Å². The van der Waals surface area contributed by atoms with Crippen LogP contribution in [0.2, 0.25) is 0 Å². The normalized spacial score (nSPS) is 16.9. The topological polar surface area (TPSA) is 45.6 Å². The molecule has 5 aromatic rings. The minimum atomic E-state index is 0.0403. The highest BCUT2D eigenvalue weighted by atomic mass is 16.5. The van der Waals surface area contributed by atoms with Crippen LogP contribution in [0.4, 0.5) is 5.69 Å².